The zero-order valence-corrected chi connectivity index (χ0v) is 8.82. The first-order valence-corrected chi connectivity index (χ1v) is 5.37. The highest BCUT2D eigenvalue weighted by Gasteiger charge is 2.30. The van der Waals surface area contributed by atoms with Crippen LogP contribution in [0.4, 0.5) is 0 Å². The molecule has 0 aromatic carbocycles. The Morgan fingerprint density at radius 1 is 1.50 bits per heavy atom. The molecule has 1 rings (SSSR count). The number of nitrogens with one attached hydrogen (secondary N) is 1. The largest absolute Gasteiger partial charge is 0.317 e. The van der Waals surface area contributed by atoms with Gasteiger partial charge >= 0.3 is 0 Å². The standard InChI is InChI=1S/C11H23N/c1-4-7-11(2)8-5-6-10(9-11)12-3/h10,12H,4-9H2,1-3H3/t10-,11+/m0/s1. The second-order valence-electron chi connectivity index (χ2n) is 4.64. The van der Waals surface area contributed by atoms with Gasteiger partial charge < -0.3 is 5.32 Å². The van der Waals surface area contributed by atoms with E-state index in [1.165, 1.54) is 38.5 Å². The van der Waals surface area contributed by atoms with E-state index in [0.29, 0.717) is 5.41 Å². The van der Waals surface area contributed by atoms with E-state index >= 15 is 0 Å². The summed E-state index contributed by atoms with van der Waals surface area (Å²) in [6, 6.07) is 0.787. The highest BCUT2D eigenvalue weighted by atomic mass is 14.9. The van der Waals surface area contributed by atoms with Crippen molar-refractivity contribution in [1.29, 1.82) is 0 Å². The molecule has 0 aromatic heterocycles. The molecular weight excluding hydrogens is 146 g/mol. The molecule has 1 fully saturated rings. The van der Waals surface area contributed by atoms with Crippen molar-refractivity contribution in [3.05, 3.63) is 0 Å². The first-order chi connectivity index (χ1) is 5.70. The Morgan fingerprint density at radius 3 is 2.83 bits per heavy atom. The van der Waals surface area contributed by atoms with Crippen LogP contribution < -0.4 is 5.32 Å². The molecular formula is C11H23N. The van der Waals surface area contributed by atoms with Gasteiger partial charge in [0.15, 0.2) is 0 Å². The third kappa shape index (κ3) is 2.48. The Morgan fingerprint density at radius 2 is 2.25 bits per heavy atom. The molecule has 1 heteroatoms. The Balaban J connectivity index is 2.43. The van der Waals surface area contributed by atoms with Crippen LogP contribution >= 0.6 is 0 Å². The van der Waals surface area contributed by atoms with Gasteiger partial charge in [-0.1, -0.05) is 26.7 Å². The normalized spacial score (nSPS) is 36.8. The average molecular weight is 169 g/mol. The number of hydrogen-bond acceptors (Lipinski definition) is 1. The molecule has 2 atom stereocenters. The zero-order chi connectivity index (χ0) is 9.03. The molecule has 0 spiro atoms. The highest BCUT2D eigenvalue weighted by Crippen LogP contribution is 2.39. The number of rotatable bonds is 3. The van der Waals surface area contributed by atoms with Gasteiger partial charge in [0.2, 0.25) is 0 Å². The van der Waals surface area contributed by atoms with Crippen molar-refractivity contribution in [2.45, 2.75) is 58.4 Å². The molecule has 0 bridgehead atoms. The fourth-order valence-electron chi connectivity index (χ4n) is 2.65. The van der Waals surface area contributed by atoms with E-state index in [4.69, 9.17) is 0 Å². The molecule has 1 N–H and O–H groups in total. The minimum Gasteiger partial charge on any atom is -0.317 e. The van der Waals surface area contributed by atoms with Crippen LogP contribution in [0.25, 0.3) is 0 Å². The van der Waals surface area contributed by atoms with E-state index in [1.807, 2.05) is 0 Å². The van der Waals surface area contributed by atoms with Gasteiger partial charge in [-0.05, 0) is 38.1 Å². The quantitative estimate of drug-likeness (QED) is 0.685. The van der Waals surface area contributed by atoms with Gasteiger partial charge in [-0.2, -0.15) is 0 Å². The molecule has 0 aliphatic heterocycles. The lowest BCUT2D eigenvalue weighted by molar-refractivity contribution is 0.166. The van der Waals surface area contributed by atoms with Gasteiger partial charge in [0.25, 0.3) is 0 Å². The average Bonchev–Trinajstić information content (AvgIpc) is 2.04. The second-order valence-corrected chi connectivity index (χ2v) is 4.64. The van der Waals surface area contributed by atoms with Crippen LogP contribution in [0.1, 0.15) is 52.4 Å². The first-order valence-electron chi connectivity index (χ1n) is 5.37. The highest BCUT2D eigenvalue weighted by molar-refractivity contribution is 4.85. The third-order valence-corrected chi connectivity index (χ3v) is 3.33. The molecule has 0 heterocycles. The number of hydrogen-bond donors (Lipinski definition) is 1. The Hall–Kier alpha value is -0.0400. The molecule has 1 nitrogen and oxygen atoms in total. The van der Waals surface area contributed by atoms with Crippen LogP contribution in [-0.4, -0.2) is 13.1 Å². The summed E-state index contributed by atoms with van der Waals surface area (Å²) in [5.74, 6) is 0. The molecule has 1 saturated carbocycles. The van der Waals surface area contributed by atoms with Crippen molar-refractivity contribution < 1.29 is 0 Å². The van der Waals surface area contributed by atoms with Crippen molar-refractivity contribution in [3.63, 3.8) is 0 Å². The Bertz CT molecular complexity index is 129. The summed E-state index contributed by atoms with van der Waals surface area (Å²) in [5, 5.41) is 3.42. The minimum absolute atomic E-state index is 0.640. The summed E-state index contributed by atoms with van der Waals surface area (Å²) in [5.41, 5.74) is 0.640. The lowest BCUT2D eigenvalue weighted by atomic mass is 9.71. The molecule has 0 amide bonds. The maximum absolute atomic E-state index is 3.42. The fraction of sp³-hybridized carbons (Fsp3) is 1.00. The van der Waals surface area contributed by atoms with Gasteiger partial charge in [0, 0.05) is 6.04 Å². The van der Waals surface area contributed by atoms with E-state index in [0.717, 1.165) is 6.04 Å². The molecule has 12 heavy (non-hydrogen) atoms. The Kier molecular flexibility index (Phi) is 3.57. The summed E-state index contributed by atoms with van der Waals surface area (Å²) < 4.78 is 0. The van der Waals surface area contributed by atoms with Crippen molar-refractivity contribution in [2.75, 3.05) is 7.05 Å². The topological polar surface area (TPSA) is 12.0 Å². The molecule has 1 aliphatic carbocycles. The third-order valence-electron chi connectivity index (χ3n) is 3.33. The lowest BCUT2D eigenvalue weighted by Gasteiger charge is -2.38. The SMILES string of the molecule is CCC[C@]1(C)CCC[C@H](NC)C1. The van der Waals surface area contributed by atoms with Gasteiger partial charge in [-0.25, -0.2) is 0 Å². The van der Waals surface area contributed by atoms with Crippen molar-refractivity contribution >= 4 is 0 Å². The van der Waals surface area contributed by atoms with Crippen LogP contribution in [0.3, 0.4) is 0 Å². The van der Waals surface area contributed by atoms with Gasteiger partial charge in [-0.3, -0.25) is 0 Å². The monoisotopic (exact) mass is 169 g/mol. The van der Waals surface area contributed by atoms with Gasteiger partial charge in [-0.15, -0.1) is 0 Å². The maximum Gasteiger partial charge on any atom is 0.00692 e. The van der Waals surface area contributed by atoms with E-state index in [2.05, 4.69) is 26.2 Å². The molecule has 0 radical (unpaired) electrons. The molecule has 1 aliphatic rings. The van der Waals surface area contributed by atoms with Crippen LogP contribution in [0.2, 0.25) is 0 Å². The predicted octanol–water partition coefficient (Wildman–Crippen LogP) is 2.95. The van der Waals surface area contributed by atoms with Crippen molar-refractivity contribution in [2.24, 2.45) is 5.41 Å². The van der Waals surface area contributed by atoms with E-state index in [-0.39, 0.29) is 0 Å². The molecule has 0 unspecified atom stereocenters. The Labute approximate surface area is 76.9 Å². The van der Waals surface area contributed by atoms with Gasteiger partial charge in [0.1, 0.15) is 0 Å². The summed E-state index contributed by atoms with van der Waals surface area (Å²) >= 11 is 0. The first kappa shape index (κ1) is 10.0. The zero-order valence-electron chi connectivity index (χ0n) is 8.82. The van der Waals surface area contributed by atoms with E-state index < -0.39 is 0 Å². The maximum atomic E-state index is 3.42. The second kappa shape index (κ2) is 4.27. The summed E-state index contributed by atoms with van der Waals surface area (Å²) in [6.45, 7) is 4.76. The summed E-state index contributed by atoms with van der Waals surface area (Å²) in [6.07, 6.45) is 8.38. The van der Waals surface area contributed by atoms with Crippen LogP contribution in [0.15, 0.2) is 0 Å². The van der Waals surface area contributed by atoms with Crippen molar-refractivity contribution in [1.82, 2.24) is 5.32 Å². The fourth-order valence-corrected chi connectivity index (χ4v) is 2.65. The van der Waals surface area contributed by atoms with E-state index in [9.17, 15) is 0 Å². The van der Waals surface area contributed by atoms with Crippen LogP contribution in [0, 0.1) is 5.41 Å². The minimum atomic E-state index is 0.640. The van der Waals surface area contributed by atoms with E-state index in [1.54, 1.807) is 0 Å². The predicted molar refractivity (Wildman–Crippen MR) is 54.3 cm³/mol. The van der Waals surface area contributed by atoms with Crippen molar-refractivity contribution in [3.8, 4) is 0 Å². The molecule has 72 valence electrons. The molecule has 0 aromatic rings. The van der Waals surface area contributed by atoms with Gasteiger partial charge in [0.05, 0.1) is 0 Å². The lowest BCUT2D eigenvalue weighted by Crippen LogP contribution is -2.36. The molecule has 0 saturated heterocycles. The smallest absolute Gasteiger partial charge is 0.00692 e. The van der Waals surface area contributed by atoms with Crippen LogP contribution in [0.5, 0.6) is 0 Å². The van der Waals surface area contributed by atoms with Crippen LogP contribution in [-0.2, 0) is 0 Å². The summed E-state index contributed by atoms with van der Waals surface area (Å²) in [4.78, 5) is 0. The summed E-state index contributed by atoms with van der Waals surface area (Å²) in [7, 11) is 2.10.